The van der Waals surface area contributed by atoms with E-state index in [0.717, 1.165) is 5.56 Å². The van der Waals surface area contributed by atoms with Crippen LogP contribution in [0.4, 0.5) is 0 Å². The number of carboxylic acids is 1. The van der Waals surface area contributed by atoms with Crippen LogP contribution in [0.15, 0.2) is 24.3 Å². The number of carbonyl (C=O) groups is 2. The molecular formula is C15H18ClNO4. The third kappa shape index (κ3) is 3.19. The summed E-state index contributed by atoms with van der Waals surface area (Å²) >= 11 is 6.25. The van der Waals surface area contributed by atoms with Crippen LogP contribution < -0.4 is 5.32 Å². The summed E-state index contributed by atoms with van der Waals surface area (Å²) in [5, 5.41) is 12.0. The zero-order chi connectivity index (χ0) is 15.5. The number of amides is 1. The Morgan fingerprint density at radius 1 is 1.33 bits per heavy atom. The van der Waals surface area contributed by atoms with Crippen molar-refractivity contribution in [2.45, 2.75) is 31.2 Å². The van der Waals surface area contributed by atoms with E-state index in [1.807, 2.05) is 12.1 Å². The third-order valence-electron chi connectivity index (χ3n) is 3.89. The van der Waals surface area contributed by atoms with E-state index >= 15 is 0 Å². The smallest absolute Gasteiger partial charge is 0.325 e. The molecule has 1 heterocycles. The summed E-state index contributed by atoms with van der Waals surface area (Å²) in [6, 6.07) is 6.24. The molecule has 5 nitrogen and oxygen atoms in total. The van der Waals surface area contributed by atoms with Gasteiger partial charge in [-0.2, -0.15) is 0 Å². The van der Waals surface area contributed by atoms with Crippen LogP contribution in [0.3, 0.4) is 0 Å². The molecule has 1 fully saturated rings. The minimum Gasteiger partial charge on any atom is -0.480 e. The van der Waals surface area contributed by atoms with E-state index in [9.17, 15) is 9.59 Å². The van der Waals surface area contributed by atoms with Crippen molar-refractivity contribution in [3.8, 4) is 0 Å². The van der Waals surface area contributed by atoms with Crippen LogP contribution in [-0.4, -0.2) is 36.2 Å². The van der Waals surface area contributed by atoms with Gasteiger partial charge in [-0.05, 0) is 31.4 Å². The first-order valence-electron chi connectivity index (χ1n) is 6.84. The molecule has 2 rings (SSSR count). The Hall–Kier alpha value is -1.59. The Balaban J connectivity index is 2.36. The largest absolute Gasteiger partial charge is 0.480 e. The van der Waals surface area contributed by atoms with Gasteiger partial charge in [0.2, 0.25) is 5.91 Å². The van der Waals surface area contributed by atoms with E-state index in [0.29, 0.717) is 31.1 Å². The van der Waals surface area contributed by atoms with Crippen molar-refractivity contribution in [1.29, 1.82) is 0 Å². The van der Waals surface area contributed by atoms with Gasteiger partial charge < -0.3 is 15.2 Å². The number of nitrogens with one attached hydrogen (secondary N) is 1. The molecule has 0 unspecified atom stereocenters. The lowest BCUT2D eigenvalue weighted by molar-refractivity contribution is -0.143. The first-order chi connectivity index (χ1) is 9.97. The predicted molar refractivity (Wildman–Crippen MR) is 78.4 cm³/mol. The Bertz CT molecular complexity index is 540. The van der Waals surface area contributed by atoms with Gasteiger partial charge in [0.1, 0.15) is 6.04 Å². The summed E-state index contributed by atoms with van der Waals surface area (Å²) in [5.41, 5.74) is -0.106. The number of benzene rings is 1. The highest BCUT2D eigenvalue weighted by Crippen LogP contribution is 2.38. The van der Waals surface area contributed by atoms with Crippen molar-refractivity contribution in [1.82, 2.24) is 5.32 Å². The summed E-state index contributed by atoms with van der Waals surface area (Å²) < 4.78 is 5.35. The van der Waals surface area contributed by atoms with Gasteiger partial charge in [-0.15, -0.1) is 0 Å². The van der Waals surface area contributed by atoms with Crippen molar-refractivity contribution >= 4 is 23.5 Å². The summed E-state index contributed by atoms with van der Waals surface area (Å²) in [6.07, 6.45) is 0.962. The van der Waals surface area contributed by atoms with Crippen molar-refractivity contribution in [2.75, 3.05) is 13.2 Å². The fraction of sp³-hybridized carbons (Fsp3) is 0.467. The fourth-order valence-electron chi connectivity index (χ4n) is 2.58. The summed E-state index contributed by atoms with van der Waals surface area (Å²) in [7, 11) is 0. The van der Waals surface area contributed by atoms with Gasteiger partial charge in [-0.3, -0.25) is 9.59 Å². The maximum Gasteiger partial charge on any atom is 0.325 e. The molecule has 2 N–H and O–H groups in total. The van der Waals surface area contributed by atoms with Crippen LogP contribution in [0.5, 0.6) is 0 Å². The zero-order valence-electron chi connectivity index (χ0n) is 11.8. The molecular weight excluding hydrogens is 294 g/mol. The highest BCUT2D eigenvalue weighted by atomic mass is 35.5. The predicted octanol–water partition coefficient (Wildman–Crippen LogP) is 1.98. The topological polar surface area (TPSA) is 75.6 Å². The molecule has 1 aliphatic heterocycles. The van der Waals surface area contributed by atoms with Gasteiger partial charge in [0.05, 0.1) is 5.41 Å². The standard InChI is InChI=1S/C15H18ClNO4/c1-10(13(18)19)17-14(20)15(6-8-21-9-7-15)11-4-2-3-5-12(11)16/h2-5,10H,6-9H2,1H3,(H,17,20)(H,18,19)/t10-/m0/s1. The maximum absolute atomic E-state index is 12.7. The van der Waals surface area contributed by atoms with Gasteiger partial charge in [0.25, 0.3) is 0 Å². The molecule has 1 atom stereocenters. The van der Waals surface area contributed by atoms with Crippen LogP contribution in [0.2, 0.25) is 5.02 Å². The Labute approximate surface area is 128 Å². The number of ether oxygens (including phenoxy) is 1. The Kier molecular flexibility index (Phi) is 4.85. The quantitative estimate of drug-likeness (QED) is 0.891. The molecule has 0 spiro atoms. The molecule has 1 saturated heterocycles. The summed E-state index contributed by atoms with van der Waals surface area (Å²) in [6.45, 7) is 2.33. The van der Waals surface area contributed by atoms with Crippen LogP contribution in [0.25, 0.3) is 0 Å². The van der Waals surface area contributed by atoms with Crippen molar-refractivity contribution in [2.24, 2.45) is 0 Å². The molecule has 21 heavy (non-hydrogen) atoms. The summed E-state index contributed by atoms with van der Waals surface area (Å²) in [4.78, 5) is 23.7. The SMILES string of the molecule is C[C@H](NC(=O)C1(c2ccccc2Cl)CCOCC1)C(=O)O. The van der Waals surface area contributed by atoms with Crippen molar-refractivity contribution in [3.05, 3.63) is 34.9 Å². The minimum atomic E-state index is -1.07. The second-order valence-corrected chi connectivity index (χ2v) is 5.61. The summed E-state index contributed by atoms with van der Waals surface area (Å²) in [5.74, 6) is -1.38. The molecule has 1 aromatic rings. The molecule has 1 aromatic carbocycles. The van der Waals surface area contributed by atoms with Crippen molar-refractivity contribution in [3.63, 3.8) is 0 Å². The second-order valence-electron chi connectivity index (χ2n) is 5.21. The second kappa shape index (κ2) is 6.45. The van der Waals surface area contributed by atoms with Crippen LogP contribution in [0.1, 0.15) is 25.3 Å². The molecule has 1 amide bonds. The maximum atomic E-state index is 12.7. The number of halogens is 1. The number of carbonyl (C=O) groups excluding carboxylic acids is 1. The van der Waals surface area contributed by atoms with Gasteiger partial charge in [0, 0.05) is 18.2 Å². The van der Waals surface area contributed by atoms with Crippen LogP contribution in [-0.2, 0) is 19.7 Å². The average Bonchev–Trinajstić information content (AvgIpc) is 2.48. The Morgan fingerprint density at radius 2 is 1.95 bits per heavy atom. The zero-order valence-corrected chi connectivity index (χ0v) is 12.5. The van der Waals surface area contributed by atoms with E-state index in [1.165, 1.54) is 6.92 Å². The molecule has 6 heteroatoms. The molecule has 0 saturated carbocycles. The lowest BCUT2D eigenvalue weighted by atomic mass is 9.73. The minimum absolute atomic E-state index is 0.311. The molecule has 1 aliphatic rings. The number of rotatable bonds is 4. The van der Waals surface area contributed by atoms with Crippen LogP contribution in [0, 0.1) is 0 Å². The molecule has 114 valence electrons. The van der Waals surface area contributed by atoms with Crippen LogP contribution >= 0.6 is 11.6 Å². The number of hydrogen-bond donors (Lipinski definition) is 2. The molecule has 0 bridgehead atoms. The average molecular weight is 312 g/mol. The van der Waals surface area contributed by atoms with E-state index in [4.69, 9.17) is 21.4 Å². The number of carboxylic acid groups (broad SMARTS) is 1. The number of aliphatic carboxylic acids is 1. The normalized spacial score (nSPS) is 18.8. The Morgan fingerprint density at radius 3 is 2.52 bits per heavy atom. The van der Waals surface area contributed by atoms with Gasteiger partial charge in [-0.1, -0.05) is 29.8 Å². The van der Waals surface area contributed by atoms with Gasteiger partial charge >= 0.3 is 5.97 Å². The third-order valence-corrected chi connectivity index (χ3v) is 4.22. The van der Waals surface area contributed by atoms with E-state index in [1.54, 1.807) is 12.1 Å². The molecule has 0 aliphatic carbocycles. The fourth-order valence-corrected chi connectivity index (χ4v) is 2.90. The first-order valence-corrected chi connectivity index (χ1v) is 7.22. The van der Waals surface area contributed by atoms with Gasteiger partial charge in [0.15, 0.2) is 0 Å². The van der Waals surface area contributed by atoms with E-state index in [2.05, 4.69) is 5.32 Å². The van der Waals surface area contributed by atoms with Gasteiger partial charge in [-0.25, -0.2) is 0 Å². The van der Waals surface area contributed by atoms with E-state index in [-0.39, 0.29) is 5.91 Å². The number of hydrogen-bond acceptors (Lipinski definition) is 3. The lowest BCUT2D eigenvalue weighted by Crippen LogP contribution is -2.52. The molecule has 0 radical (unpaired) electrons. The highest BCUT2D eigenvalue weighted by Gasteiger charge is 2.43. The lowest BCUT2D eigenvalue weighted by Gasteiger charge is -2.37. The molecule has 0 aromatic heterocycles. The highest BCUT2D eigenvalue weighted by molar-refractivity contribution is 6.31. The van der Waals surface area contributed by atoms with Crippen molar-refractivity contribution < 1.29 is 19.4 Å². The first kappa shape index (κ1) is 15.8. The monoisotopic (exact) mass is 311 g/mol. The van der Waals surface area contributed by atoms with E-state index < -0.39 is 17.4 Å².